The second kappa shape index (κ2) is 8.54. The van der Waals surface area contributed by atoms with Crippen molar-refractivity contribution < 1.29 is 9.59 Å². The largest absolute Gasteiger partial charge is 0.351 e. The van der Waals surface area contributed by atoms with Crippen LogP contribution in [-0.4, -0.2) is 42.9 Å². The van der Waals surface area contributed by atoms with Crippen LogP contribution in [0.15, 0.2) is 67.1 Å². The minimum Gasteiger partial charge on any atom is -0.351 e. The van der Waals surface area contributed by atoms with E-state index in [1.54, 1.807) is 47.3 Å². The first-order chi connectivity index (χ1) is 16.2. The number of amides is 2. The molecular formula is C24H21N7O2. The van der Waals surface area contributed by atoms with Crippen molar-refractivity contribution in [3.8, 4) is 11.4 Å². The van der Waals surface area contributed by atoms with Crippen LogP contribution >= 0.6 is 0 Å². The van der Waals surface area contributed by atoms with E-state index >= 15 is 0 Å². The Kier molecular flexibility index (Phi) is 5.27. The van der Waals surface area contributed by atoms with Gasteiger partial charge in [0, 0.05) is 30.9 Å². The van der Waals surface area contributed by atoms with E-state index in [0.717, 1.165) is 16.5 Å². The van der Waals surface area contributed by atoms with Gasteiger partial charge in [0.15, 0.2) is 5.65 Å². The Bertz CT molecular complexity index is 1470. The molecule has 0 fully saturated rings. The Balaban J connectivity index is 1.51. The van der Waals surface area contributed by atoms with Gasteiger partial charge in [-0.2, -0.15) is 5.10 Å². The molecule has 4 heterocycles. The van der Waals surface area contributed by atoms with Gasteiger partial charge >= 0.3 is 0 Å². The second-order valence-corrected chi connectivity index (χ2v) is 7.47. The molecule has 0 aliphatic carbocycles. The number of pyridine rings is 2. The molecule has 0 aliphatic rings. The maximum Gasteiger partial charge on any atom is 0.270 e. The number of imidazole rings is 1. The van der Waals surface area contributed by atoms with E-state index in [4.69, 9.17) is 0 Å². The number of carbonyl (C=O) groups excluding carboxylic acids is 2. The van der Waals surface area contributed by atoms with Crippen molar-refractivity contribution >= 4 is 28.4 Å². The summed E-state index contributed by atoms with van der Waals surface area (Å²) >= 11 is 0. The number of nitrogens with one attached hydrogen (secondary N) is 3. The molecule has 0 saturated heterocycles. The normalized spacial score (nSPS) is 11.1. The lowest BCUT2D eigenvalue weighted by Gasteiger charge is -2.08. The van der Waals surface area contributed by atoms with Crippen molar-refractivity contribution in [1.82, 2.24) is 35.2 Å². The average molecular weight is 439 g/mol. The van der Waals surface area contributed by atoms with E-state index in [0.29, 0.717) is 41.4 Å². The van der Waals surface area contributed by atoms with Gasteiger partial charge in [0.05, 0.1) is 23.0 Å². The van der Waals surface area contributed by atoms with E-state index < -0.39 is 0 Å². The molecule has 0 radical (unpaired) electrons. The topological polar surface area (TPSA) is 117 Å². The standard InChI is InChI=1S/C24H21N7O2/c1-2-25-24(33)21-20(19-7-3-4-10-26-19)29-22-17(6-5-11-31(21)22)23(32)27-13-15-8-9-18-16(12-15)14-28-30-18/h3-12,14H,2,13H2,1H3,(H,25,33)(H,27,32)(H,28,30). The Hall–Kier alpha value is -4.53. The summed E-state index contributed by atoms with van der Waals surface area (Å²) in [5.74, 6) is -0.565. The molecule has 0 aliphatic heterocycles. The Morgan fingerprint density at radius 1 is 1.06 bits per heavy atom. The second-order valence-electron chi connectivity index (χ2n) is 7.47. The molecule has 9 heteroatoms. The summed E-state index contributed by atoms with van der Waals surface area (Å²) in [6.07, 6.45) is 5.11. The van der Waals surface area contributed by atoms with Gasteiger partial charge in [-0.05, 0) is 48.9 Å². The number of fused-ring (bicyclic) bond motifs is 2. The van der Waals surface area contributed by atoms with Crippen molar-refractivity contribution in [2.24, 2.45) is 0 Å². The number of aromatic amines is 1. The quantitative estimate of drug-likeness (QED) is 0.376. The highest BCUT2D eigenvalue weighted by atomic mass is 16.2. The molecule has 0 unspecified atom stereocenters. The molecule has 0 saturated carbocycles. The summed E-state index contributed by atoms with van der Waals surface area (Å²) in [5.41, 5.74) is 3.97. The molecule has 2 amide bonds. The third-order valence-corrected chi connectivity index (χ3v) is 5.31. The molecule has 1 aromatic carbocycles. The van der Waals surface area contributed by atoms with Crippen molar-refractivity contribution in [2.45, 2.75) is 13.5 Å². The fraction of sp³-hybridized carbons (Fsp3) is 0.125. The van der Waals surface area contributed by atoms with E-state index in [1.807, 2.05) is 31.2 Å². The molecule has 164 valence electrons. The van der Waals surface area contributed by atoms with Crippen LogP contribution in [0, 0.1) is 0 Å². The number of hydrogen-bond acceptors (Lipinski definition) is 5. The van der Waals surface area contributed by atoms with Crippen LogP contribution in [0.2, 0.25) is 0 Å². The molecule has 0 bridgehead atoms. The molecule has 33 heavy (non-hydrogen) atoms. The minimum absolute atomic E-state index is 0.281. The summed E-state index contributed by atoms with van der Waals surface area (Å²) in [7, 11) is 0. The van der Waals surface area contributed by atoms with Crippen LogP contribution < -0.4 is 10.6 Å². The van der Waals surface area contributed by atoms with E-state index in [2.05, 4.69) is 30.8 Å². The average Bonchev–Trinajstić information content (AvgIpc) is 3.47. The van der Waals surface area contributed by atoms with Crippen molar-refractivity contribution in [1.29, 1.82) is 0 Å². The lowest BCUT2D eigenvalue weighted by atomic mass is 10.1. The van der Waals surface area contributed by atoms with Crippen molar-refractivity contribution in [3.05, 3.63) is 83.9 Å². The summed E-state index contributed by atoms with van der Waals surface area (Å²) in [6, 6.07) is 14.7. The molecular weight excluding hydrogens is 418 g/mol. The van der Waals surface area contributed by atoms with Crippen LogP contribution in [0.5, 0.6) is 0 Å². The van der Waals surface area contributed by atoms with Gasteiger partial charge in [-0.1, -0.05) is 12.1 Å². The number of aromatic nitrogens is 5. The van der Waals surface area contributed by atoms with Crippen LogP contribution in [0.4, 0.5) is 0 Å². The summed E-state index contributed by atoms with van der Waals surface area (Å²) < 4.78 is 1.64. The number of nitrogens with zero attached hydrogens (tertiary/aromatic N) is 4. The van der Waals surface area contributed by atoms with Gasteiger partial charge in [0.25, 0.3) is 11.8 Å². The zero-order chi connectivity index (χ0) is 22.8. The van der Waals surface area contributed by atoms with E-state index in [-0.39, 0.29) is 11.8 Å². The predicted molar refractivity (Wildman–Crippen MR) is 124 cm³/mol. The van der Waals surface area contributed by atoms with Crippen LogP contribution in [-0.2, 0) is 6.54 Å². The van der Waals surface area contributed by atoms with Gasteiger partial charge < -0.3 is 10.6 Å². The third kappa shape index (κ3) is 3.80. The van der Waals surface area contributed by atoms with Gasteiger partial charge in [0.2, 0.25) is 0 Å². The van der Waals surface area contributed by atoms with E-state index in [9.17, 15) is 9.59 Å². The Morgan fingerprint density at radius 2 is 1.97 bits per heavy atom. The lowest BCUT2D eigenvalue weighted by molar-refractivity contribution is 0.0940. The zero-order valence-electron chi connectivity index (χ0n) is 17.9. The van der Waals surface area contributed by atoms with Gasteiger partial charge in [-0.3, -0.25) is 24.1 Å². The first kappa shape index (κ1) is 20.4. The predicted octanol–water partition coefficient (Wildman–Crippen LogP) is 2.95. The van der Waals surface area contributed by atoms with Crippen LogP contribution in [0.3, 0.4) is 0 Å². The molecule has 4 aromatic heterocycles. The lowest BCUT2D eigenvalue weighted by Crippen LogP contribution is -2.25. The Labute approximate surface area is 188 Å². The number of rotatable bonds is 6. The highest BCUT2D eigenvalue weighted by molar-refractivity contribution is 6.04. The minimum atomic E-state index is -0.284. The Morgan fingerprint density at radius 3 is 2.79 bits per heavy atom. The number of carbonyl (C=O) groups is 2. The highest BCUT2D eigenvalue weighted by Gasteiger charge is 2.24. The fourth-order valence-corrected chi connectivity index (χ4v) is 3.77. The molecule has 5 rings (SSSR count). The van der Waals surface area contributed by atoms with Crippen molar-refractivity contribution in [3.63, 3.8) is 0 Å². The maximum absolute atomic E-state index is 13.1. The first-order valence-electron chi connectivity index (χ1n) is 10.6. The third-order valence-electron chi connectivity index (χ3n) is 5.31. The van der Waals surface area contributed by atoms with Crippen molar-refractivity contribution in [2.75, 3.05) is 6.54 Å². The fourth-order valence-electron chi connectivity index (χ4n) is 3.77. The molecule has 0 atom stereocenters. The molecule has 9 nitrogen and oxygen atoms in total. The number of H-pyrrole nitrogens is 1. The monoisotopic (exact) mass is 439 g/mol. The van der Waals surface area contributed by atoms with E-state index in [1.165, 1.54) is 0 Å². The zero-order valence-corrected chi connectivity index (χ0v) is 17.9. The molecule has 5 aromatic rings. The number of hydrogen-bond donors (Lipinski definition) is 3. The SMILES string of the molecule is CCNC(=O)c1c(-c2ccccn2)nc2c(C(=O)NCc3ccc4[nH]ncc4c3)cccn12. The highest BCUT2D eigenvalue weighted by Crippen LogP contribution is 2.24. The summed E-state index contributed by atoms with van der Waals surface area (Å²) in [6.45, 7) is 2.66. The smallest absolute Gasteiger partial charge is 0.270 e. The summed E-state index contributed by atoms with van der Waals surface area (Å²) in [5, 5.41) is 13.7. The first-order valence-corrected chi connectivity index (χ1v) is 10.6. The molecule has 3 N–H and O–H groups in total. The van der Waals surface area contributed by atoms with Gasteiger partial charge in [0.1, 0.15) is 11.4 Å². The summed E-state index contributed by atoms with van der Waals surface area (Å²) in [4.78, 5) is 35.0. The van der Waals surface area contributed by atoms with Gasteiger partial charge in [-0.25, -0.2) is 4.98 Å². The van der Waals surface area contributed by atoms with Crippen LogP contribution in [0.1, 0.15) is 33.3 Å². The molecule has 0 spiro atoms. The number of benzene rings is 1. The van der Waals surface area contributed by atoms with Crippen LogP contribution in [0.25, 0.3) is 27.9 Å². The maximum atomic E-state index is 13.1. The van der Waals surface area contributed by atoms with Gasteiger partial charge in [-0.15, -0.1) is 0 Å².